The number of hydrogen-bond donors (Lipinski definition) is 1. The van der Waals surface area contributed by atoms with Gasteiger partial charge in [0.25, 0.3) is 5.69 Å². The molecule has 0 saturated heterocycles. The molecule has 0 aliphatic carbocycles. The van der Waals surface area contributed by atoms with E-state index in [9.17, 15) is 28.1 Å². The molecular formula is C29H32Cl2N4O6S. The molecule has 3 aromatic rings. The molecule has 224 valence electrons. The fraction of sp³-hybridized carbons (Fsp3) is 0.310. The molecule has 0 saturated carbocycles. The number of nitrogens with zero attached hydrogens (tertiary/aromatic N) is 3. The molecule has 0 aliphatic heterocycles. The van der Waals surface area contributed by atoms with Crippen LogP contribution >= 0.6 is 23.2 Å². The van der Waals surface area contributed by atoms with Gasteiger partial charge in [-0.25, -0.2) is 8.42 Å². The first-order valence-electron chi connectivity index (χ1n) is 13.1. The van der Waals surface area contributed by atoms with Gasteiger partial charge in [0.15, 0.2) is 0 Å². The second-order valence-electron chi connectivity index (χ2n) is 9.84. The Morgan fingerprint density at radius 2 is 1.67 bits per heavy atom. The predicted molar refractivity (Wildman–Crippen MR) is 164 cm³/mol. The number of anilines is 1. The number of hydrogen-bond acceptors (Lipinski definition) is 6. The fourth-order valence-corrected chi connectivity index (χ4v) is 5.37. The maximum absolute atomic E-state index is 14.1. The number of nitro groups is 1. The maximum Gasteiger partial charge on any atom is 0.271 e. The van der Waals surface area contributed by atoms with Gasteiger partial charge in [-0.05, 0) is 42.7 Å². The lowest BCUT2D eigenvalue weighted by Crippen LogP contribution is -2.54. The van der Waals surface area contributed by atoms with Crippen LogP contribution in [0.15, 0.2) is 72.8 Å². The Hall–Kier alpha value is -3.67. The van der Waals surface area contributed by atoms with Crippen LogP contribution in [0, 0.1) is 10.1 Å². The van der Waals surface area contributed by atoms with Crippen molar-refractivity contribution in [1.82, 2.24) is 10.2 Å². The lowest BCUT2D eigenvalue weighted by molar-refractivity contribution is -0.384. The highest BCUT2D eigenvalue weighted by Crippen LogP contribution is 2.26. The summed E-state index contributed by atoms with van der Waals surface area (Å²) < 4.78 is 26.5. The number of rotatable bonds is 13. The van der Waals surface area contributed by atoms with Gasteiger partial charge in [-0.3, -0.25) is 24.0 Å². The maximum atomic E-state index is 14.1. The lowest BCUT2D eigenvalue weighted by Gasteiger charge is -2.34. The average Bonchev–Trinajstić information content (AvgIpc) is 2.95. The number of carbonyl (C=O) groups excluding carboxylic acids is 2. The van der Waals surface area contributed by atoms with Crippen LogP contribution < -0.4 is 9.62 Å². The number of halogens is 2. The summed E-state index contributed by atoms with van der Waals surface area (Å²) in [6, 6.07) is 17.7. The van der Waals surface area contributed by atoms with E-state index >= 15 is 0 Å². The van der Waals surface area contributed by atoms with E-state index in [-0.39, 0.29) is 35.4 Å². The smallest absolute Gasteiger partial charge is 0.271 e. The van der Waals surface area contributed by atoms with Crippen molar-refractivity contribution in [3.05, 3.63) is 104 Å². The van der Waals surface area contributed by atoms with E-state index in [4.69, 9.17) is 23.2 Å². The standard InChI is InChI=1S/C29H32Cl2N4O6S/c1-4-20(2)32-29(37)27(16-21-9-6-5-7-10-21)33(18-22-13-14-25(30)26(31)15-22)28(36)19-34(42(3,40)41)23-11-8-12-24(17-23)35(38)39/h5-15,17,20,27H,4,16,18-19H2,1-3H3,(H,32,37)/t20-,27+/m0/s1. The minimum Gasteiger partial charge on any atom is -0.352 e. The lowest BCUT2D eigenvalue weighted by atomic mass is 10.0. The van der Waals surface area contributed by atoms with Crippen LogP contribution in [0.1, 0.15) is 31.4 Å². The van der Waals surface area contributed by atoms with Crippen LogP contribution in [-0.2, 0) is 32.6 Å². The molecule has 0 aliphatic rings. The van der Waals surface area contributed by atoms with Crippen LogP contribution in [0.5, 0.6) is 0 Å². The zero-order valence-corrected chi connectivity index (χ0v) is 25.7. The van der Waals surface area contributed by atoms with Gasteiger partial charge in [0.2, 0.25) is 21.8 Å². The number of nitrogens with one attached hydrogen (secondary N) is 1. The van der Waals surface area contributed by atoms with E-state index in [1.165, 1.54) is 23.1 Å². The third-order valence-corrected chi connectivity index (χ3v) is 8.50. The SMILES string of the molecule is CC[C@H](C)NC(=O)[C@@H](Cc1ccccc1)N(Cc1ccc(Cl)c(Cl)c1)C(=O)CN(c1cccc([N+](=O)[O-])c1)S(C)(=O)=O. The van der Waals surface area contributed by atoms with E-state index < -0.39 is 39.3 Å². The number of non-ortho nitro benzene ring substituents is 1. The summed E-state index contributed by atoms with van der Waals surface area (Å²) >= 11 is 12.3. The molecule has 13 heteroatoms. The molecule has 1 N–H and O–H groups in total. The molecule has 0 unspecified atom stereocenters. The zero-order chi connectivity index (χ0) is 31.0. The van der Waals surface area contributed by atoms with E-state index in [0.29, 0.717) is 17.0 Å². The molecule has 3 aromatic carbocycles. The molecule has 42 heavy (non-hydrogen) atoms. The van der Waals surface area contributed by atoms with Gasteiger partial charge in [0.1, 0.15) is 12.6 Å². The van der Waals surface area contributed by atoms with E-state index in [1.54, 1.807) is 18.2 Å². The number of carbonyl (C=O) groups is 2. The number of sulfonamides is 1. The second kappa shape index (κ2) is 14.5. The van der Waals surface area contributed by atoms with Crippen LogP contribution in [-0.4, -0.2) is 54.9 Å². The summed E-state index contributed by atoms with van der Waals surface area (Å²) in [5.74, 6) is -1.11. The first kappa shape index (κ1) is 32.8. The van der Waals surface area contributed by atoms with Gasteiger partial charge in [-0.2, -0.15) is 0 Å². The molecule has 3 rings (SSSR count). The third kappa shape index (κ3) is 8.91. The summed E-state index contributed by atoms with van der Waals surface area (Å²) in [5, 5.41) is 14.9. The minimum absolute atomic E-state index is 0.0572. The first-order chi connectivity index (χ1) is 19.8. The van der Waals surface area contributed by atoms with Crippen molar-refractivity contribution in [2.45, 2.75) is 45.3 Å². The summed E-state index contributed by atoms with van der Waals surface area (Å²) in [6.45, 7) is 2.96. The highest BCUT2D eigenvalue weighted by atomic mass is 35.5. The van der Waals surface area contributed by atoms with Gasteiger partial charge >= 0.3 is 0 Å². The Labute approximate surface area is 255 Å². The average molecular weight is 636 g/mol. The van der Waals surface area contributed by atoms with Crippen molar-refractivity contribution < 1.29 is 22.9 Å². The largest absolute Gasteiger partial charge is 0.352 e. The number of amides is 2. The summed E-state index contributed by atoms with van der Waals surface area (Å²) in [4.78, 5) is 39.8. The first-order valence-corrected chi connectivity index (χ1v) is 15.7. The van der Waals surface area contributed by atoms with Gasteiger partial charge < -0.3 is 10.2 Å². The van der Waals surface area contributed by atoms with E-state index in [2.05, 4.69) is 5.32 Å². The molecule has 0 fully saturated rings. The van der Waals surface area contributed by atoms with Crippen molar-refractivity contribution in [1.29, 1.82) is 0 Å². The molecule has 0 heterocycles. The molecule has 0 spiro atoms. The van der Waals surface area contributed by atoms with Crippen LogP contribution in [0.25, 0.3) is 0 Å². The van der Waals surface area contributed by atoms with Gasteiger partial charge in [-0.15, -0.1) is 0 Å². The normalized spacial score (nSPS) is 12.7. The highest BCUT2D eigenvalue weighted by Gasteiger charge is 2.33. The zero-order valence-electron chi connectivity index (χ0n) is 23.4. The molecule has 0 bridgehead atoms. The Morgan fingerprint density at radius 3 is 2.26 bits per heavy atom. The summed E-state index contributed by atoms with van der Waals surface area (Å²) in [6.07, 6.45) is 1.70. The number of nitro benzene ring substituents is 1. The highest BCUT2D eigenvalue weighted by molar-refractivity contribution is 7.92. The Balaban J connectivity index is 2.10. The molecule has 0 radical (unpaired) electrons. The van der Waals surface area contributed by atoms with Crippen LogP contribution in [0.3, 0.4) is 0 Å². The van der Waals surface area contributed by atoms with Crippen molar-refractivity contribution in [3.8, 4) is 0 Å². The molecule has 0 aromatic heterocycles. The van der Waals surface area contributed by atoms with Crippen molar-refractivity contribution >= 4 is 56.4 Å². The topological polar surface area (TPSA) is 130 Å². The molecular weight excluding hydrogens is 603 g/mol. The van der Waals surface area contributed by atoms with Gasteiger partial charge in [0, 0.05) is 31.1 Å². The number of benzene rings is 3. The fourth-order valence-electron chi connectivity index (χ4n) is 4.21. The quantitative estimate of drug-likeness (QED) is 0.203. The molecule has 2 amide bonds. The molecule has 10 nitrogen and oxygen atoms in total. The Bertz CT molecular complexity index is 1540. The monoisotopic (exact) mass is 634 g/mol. The Morgan fingerprint density at radius 1 is 0.976 bits per heavy atom. The third-order valence-electron chi connectivity index (χ3n) is 6.62. The Kier molecular flexibility index (Phi) is 11.3. The van der Waals surface area contributed by atoms with Crippen molar-refractivity contribution in [3.63, 3.8) is 0 Å². The van der Waals surface area contributed by atoms with Gasteiger partial charge in [0.05, 0.1) is 26.9 Å². The van der Waals surface area contributed by atoms with E-state index in [1.807, 2.05) is 44.2 Å². The minimum atomic E-state index is -4.08. The summed E-state index contributed by atoms with van der Waals surface area (Å²) in [5.41, 5.74) is 0.954. The molecule has 2 atom stereocenters. The van der Waals surface area contributed by atoms with Crippen LogP contribution in [0.4, 0.5) is 11.4 Å². The van der Waals surface area contributed by atoms with Gasteiger partial charge in [-0.1, -0.05) is 72.6 Å². The van der Waals surface area contributed by atoms with Crippen molar-refractivity contribution in [2.75, 3.05) is 17.1 Å². The predicted octanol–water partition coefficient (Wildman–Crippen LogP) is 5.22. The van der Waals surface area contributed by atoms with E-state index in [0.717, 1.165) is 22.2 Å². The van der Waals surface area contributed by atoms with Crippen molar-refractivity contribution in [2.24, 2.45) is 0 Å². The second-order valence-corrected chi connectivity index (χ2v) is 12.6. The summed E-state index contributed by atoms with van der Waals surface area (Å²) in [7, 11) is -4.08. The van der Waals surface area contributed by atoms with Crippen LogP contribution in [0.2, 0.25) is 10.0 Å².